The Morgan fingerprint density at radius 1 is 1.03 bits per heavy atom. The Morgan fingerprint density at radius 2 is 1.74 bits per heavy atom. The van der Waals surface area contributed by atoms with Gasteiger partial charge in [0, 0.05) is 30.6 Å². The molecule has 1 atom stereocenters. The van der Waals surface area contributed by atoms with Crippen molar-refractivity contribution in [2.24, 2.45) is 5.92 Å². The fraction of sp³-hybridized carbons (Fsp3) is 0.440. The van der Waals surface area contributed by atoms with Crippen molar-refractivity contribution >= 4 is 27.3 Å². The summed E-state index contributed by atoms with van der Waals surface area (Å²) in [7, 11) is -3.45. The number of sulfone groups is 1. The van der Waals surface area contributed by atoms with Gasteiger partial charge in [-0.25, -0.2) is 12.8 Å². The molecule has 0 heterocycles. The predicted octanol–water partition coefficient (Wildman–Crippen LogP) is 3.53. The molecule has 184 valence electrons. The molecule has 1 fully saturated rings. The lowest BCUT2D eigenvalue weighted by atomic mass is 9.84. The number of halogens is 1. The highest BCUT2D eigenvalue weighted by Crippen LogP contribution is 2.27. The SMILES string of the molecule is CS(=O)(=O)c1cccc(C(=O)NC(CC2CCCCC2)C(=O)NCCNc2ccc(F)cc2)c1. The second kappa shape index (κ2) is 12.0. The lowest BCUT2D eigenvalue weighted by Gasteiger charge is -2.26. The van der Waals surface area contributed by atoms with Crippen molar-refractivity contribution in [3.63, 3.8) is 0 Å². The highest BCUT2D eigenvalue weighted by molar-refractivity contribution is 7.90. The van der Waals surface area contributed by atoms with E-state index in [4.69, 9.17) is 0 Å². The van der Waals surface area contributed by atoms with Crippen molar-refractivity contribution in [1.29, 1.82) is 0 Å². The maximum Gasteiger partial charge on any atom is 0.251 e. The third-order valence-corrected chi connectivity index (χ3v) is 7.15. The van der Waals surface area contributed by atoms with Gasteiger partial charge in [0.2, 0.25) is 5.91 Å². The first-order valence-electron chi connectivity index (χ1n) is 11.6. The lowest BCUT2D eigenvalue weighted by molar-refractivity contribution is -0.123. The van der Waals surface area contributed by atoms with Crippen molar-refractivity contribution < 1.29 is 22.4 Å². The molecule has 0 bridgehead atoms. The third-order valence-electron chi connectivity index (χ3n) is 6.04. The molecular weight excluding hydrogens is 457 g/mol. The number of rotatable bonds is 10. The topological polar surface area (TPSA) is 104 Å². The molecule has 2 aromatic carbocycles. The summed E-state index contributed by atoms with van der Waals surface area (Å²) in [5.41, 5.74) is 0.941. The van der Waals surface area contributed by atoms with Crippen molar-refractivity contribution in [1.82, 2.24) is 10.6 Å². The fourth-order valence-electron chi connectivity index (χ4n) is 4.18. The van der Waals surface area contributed by atoms with E-state index in [1.807, 2.05) is 0 Å². The molecule has 34 heavy (non-hydrogen) atoms. The van der Waals surface area contributed by atoms with E-state index in [2.05, 4.69) is 16.0 Å². The van der Waals surface area contributed by atoms with Crippen LogP contribution in [0, 0.1) is 11.7 Å². The second-order valence-corrected chi connectivity index (χ2v) is 10.8. The average molecular weight is 490 g/mol. The Labute approximate surface area is 200 Å². The van der Waals surface area contributed by atoms with Crippen molar-refractivity contribution in [3.8, 4) is 0 Å². The van der Waals surface area contributed by atoms with Gasteiger partial charge in [0.1, 0.15) is 11.9 Å². The van der Waals surface area contributed by atoms with E-state index in [0.717, 1.165) is 37.6 Å². The summed E-state index contributed by atoms with van der Waals surface area (Å²) in [6, 6.07) is 11.0. The zero-order valence-corrected chi connectivity index (χ0v) is 20.2. The molecule has 0 spiro atoms. The summed E-state index contributed by atoms with van der Waals surface area (Å²) in [6.07, 6.45) is 7.09. The molecule has 2 aromatic rings. The molecule has 2 amide bonds. The normalized spacial score (nSPS) is 15.4. The summed E-state index contributed by atoms with van der Waals surface area (Å²) >= 11 is 0. The first-order chi connectivity index (χ1) is 16.2. The Hall–Kier alpha value is -2.94. The zero-order valence-electron chi connectivity index (χ0n) is 19.3. The highest BCUT2D eigenvalue weighted by Gasteiger charge is 2.26. The van der Waals surface area contributed by atoms with Crippen molar-refractivity contribution in [2.75, 3.05) is 24.7 Å². The number of hydrogen-bond donors (Lipinski definition) is 3. The van der Waals surface area contributed by atoms with Crippen LogP contribution in [-0.4, -0.2) is 45.6 Å². The van der Waals surface area contributed by atoms with Gasteiger partial charge in [0.05, 0.1) is 4.90 Å². The van der Waals surface area contributed by atoms with Gasteiger partial charge >= 0.3 is 0 Å². The zero-order chi connectivity index (χ0) is 24.6. The number of nitrogens with one attached hydrogen (secondary N) is 3. The van der Waals surface area contributed by atoms with Gasteiger partial charge in [-0.2, -0.15) is 0 Å². The fourth-order valence-corrected chi connectivity index (χ4v) is 4.85. The number of carbonyl (C=O) groups excluding carboxylic acids is 2. The molecule has 1 saturated carbocycles. The van der Waals surface area contributed by atoms with Gasteiger partial charge in [0.15, 0.2) is 9.84 Å². The van der Waals surface area contributed by atoms with Crippen LogP contribution in [0.2, 0.25) is 0 Å². The summed E-state index contributed by atoms with van der Waals surface area (Å²) in [5, 5.41) is 8.79. The number of benzene rings is 2. The molecule has 7 nitrogen and oxygen atoms in total. The monoisotopic (exact) mass is 489 g/mol. The Bertz CT molecular complexity index is 1080. The van der Waals surface area contributed by atoms with E-state index in [1.54, 1.807) is 12.1 Å². The van der Waals surface area contributed by atoms with Crippen LogP contribution >= 0.6 is 0 Å². The van der Waals surface area contributed by atoms with Crippen LogP contribution in [0.1, 0.15) is 48.9 Å². The summed E-state index contributed by atoms with van der Waals surface area (Å²) in [5.74, 6) is -0.725. The molecule has 3 N–H and O–H groups in total. The molecule has 0 aromatic heterocycles. The molecule has 0 saturated heterocycles. The summed E-state index contributed by atoms with van der Waals surface area (Å²) in [6.45, 7) is 0.773. The number of carbonyl (C=O) groups is 2. The maximum atomic E-state index is 13.0. The van der Waals surface area contributed by atoms with E-state index in [9.17, 15) is 22.4 Å². The van der Waals surface area contributed by atoms with Crippen LogP contribution in [0.5, 0.6) is 0 Å². The van der Waals surface area contributed by atoms with E-state index in [-0.39, 0.29) is 22.2 Å². The lowest BCUT2D eigenvalue weighted by Crippen LogP contribution is -2.48. The minimum Gasteiger partial charge on any atom is -0.383 e. The van der Waals surface area contributed by atoms with Crippen LogP contribution in [-0.2, 0) is 14.6 Å². The van der Waals surface area contributed by atoms with Gasteiger partial charge in [-0.1, -0.05) is 38.2 Å². The first kappa shape index (κ1) is 25.7. The van der Waals surface area contributed by atoms with E-state index >= 15 is 0 Å². The largest absolute Gasteiger partial charge is 0.383 e. The van der Waals surface area contributed by atoms with Gasteiger partial charge < -0.3 is 16.0 Å². The van der Waals surface area contributed by atoms with Crippen LogP contribution in [0.25, 0.3) is 0 Å². The molecule has 9 heteroatoms. The van der Waals surface area contributed by atoms with Gasteiger partial charge in [0.25, 0.3) is 5.91 Å². The van der Waals surface area contributed by atoms with Crippen LogP contribution in [0.3, 0.4) is 0 Å². The average Bonchev–Trinajstić information content (AvgIpc) is 2.82. The molecule has 0 radical (unpaired) electrons. The Kier molecular flexibility index (Phi) is 9.04. The number of anilines is 1. The van der Waals surface area contributed by atoms with Crippen molar-refractivity contribution in [2.45, 2.75) is 49.5 Å². The van der Waals surface area contributed by atoms with Gasteiger partial charge in [-0.3, -0.25) is 9.59 Å². The minimum atomic E-state index is -3.45. The molecule has 1 aliphatic rings. The summed E-state index contributed by atoms with van der Waals surface area (Å²) < 4.78 is 36.7. The number of amides is 2. The van der Waals surface area contributed by atoms with Gasteiger partial charge in [-0.15, -0.1) is 0 Å². The quantitative estimate of drug-likeness (QED) is 0.443. The Morgan fingerprint density at radius 3 is 2.41 bits per heavy atom. The van der Waals surface area contributed by atoms with Crippen LogP contribution in [0.4, 0.5) is 10.1 Å². The van der Waals surface area contributed by atoms with E-state index in [0.29, 0.717) is 25.4 Å². The molecule has 1 unspecified atom stereocenters. The van der Waals surface area contributed by atoms with Crippen LogP contribution in [0.15, 0.2) is 53.4 Å². The van der Waals surface area contributed by atoms with E-state index in [1.165, 1.54) is 42.8 Å². The molecule has 0 aliphatic heterocycles. The Balaban J connectivity index is 1.62. The summed E-state index contributed by atoms with van der Waals surface area (Å²) in [4.78, 5) is 25.9. The number of hydrogen-bond acceptors (Lipinski definition) is 5. The molecular formula is C25H32FN3O4S. The van der Waals surface area contributed by atoms with Gasteiger partial charge in [-0.05, 0) is 54.8 Å². The molecule has 1 aliphatic carbocycles. The standard InChI is InChI=1S/C25H32FN3O4S/c1-34(32,33)22-9-5-8-19(17-22)24(30)29-23(16-18-6-3-2-4-7-18)25(31)28-15-14-27-21-12-10-20(26)11-13-21/h5,8-13,17-18,23,27H,2-4,6-7,14-16H2,1H3,(H,28,31)(H,29,30). The second-order valence-electron chi connectivity index (χ2n) is 8.79. The highest BCUT2D eigenvalue weighted by atomic mass is 32.2. The minimum absolute atomic E-state index is 0.0558. The first-order valence-corrected chi connectivity index (χ1v) is 13.5. The van der Waals surface area contributed by atoms with E-state index < -0.39 is 21.8 Å². The predicted molar refractivity (Wildman–Crippen MR) is 130 cm³/mol. The third kappa shape index (κ3) is 7.83. The smallest absolute Gasteiger partial charge is 0.251 e. The maximum absolute atomic E-state index is 13.0. The van der Waals surface area contributed by atoms with Crippen LogP contribution < -0.4 is 16.0 Å². The molecule has 3 rings (SSSR count). The van der Waals surface area contributed by atoms with Crippen molar-refractivity contribution in [3.05, 3.63) is 59.9 Å².